The Hall–Kier alpha value is -1.58. The number of hydrogen-bond acceptors (Lipinski definition) is 8. The number of unbranched alkanes of at least 4 members (excludes halogenated alkanes) is 1. The molecular weight excluding hydrogens is 448 g/mol. The number of carbonyl (C=O) groups excluding carboxylic acids is 2. The zero-order chi connectivity index (χ0) is 22.3. The molecule has 176 valence electrons. The van der Waals surface area contributed by atoms with E-state index in [4.69, 9.17) is 14.2 Å². The van der Waals surface area contributed by atoms with Gasteiger partial charge in [0.25, 0.3) is 5.91 Å². The third kappa shape index (κ3) is 6.05. The Morgan fingerprint density at radius 2 is 1.94 bits per heavy atom. The number of benzene rings is 1. The Kier molecular flexibility index (Phi) is 8.49. The SMILES string of the molecule is CCCC1Oc2cc(OC(=O)CCCCC3CCSS3)c(C(=O)N3CCNCC3)cc2O1. The van der Waals surface area contributed by atoms with Crippen LogP contribution in [0, 0.1) is 0 Å². The van der Waals surface area contributed by atoms with Crippen molar-refractivity contribution < 1.29 is 23.8 Å². The second kappa shape index (κ2) is 11.5. The van der Waals surface area contributed by atoms with Crippen LogP contribution in [0.1, 0.15) is 62.2 Å². The van der Waals surface area contributed by atoms with Crippen molar-refractivity contribution in [2.24, 2.45) is 0 Å². The van der Waals surface area contributed by atoms with Crippen LogP contribution in [-0.4, -0.2) is 60.2 Å². The van der Waals surface area contributed by atoms with Gasteiger partial charge in [-0.3, -0.25) is 9.59 Å². The molecule has 0 aliphatic carbocycles. The first kappa shape index (κ1) is 23.6. The second-order valence-corrected chi connectivity index (χ2v) is 11.1. The molecule has 2 fully saturated rings. The minimum atomic E-state index is -0.366. The maximum Gasteiger partial charge on any atom is 0.311 e. The summed E-state index contributed by atoms with van der Waals surface area (Å²) in [5, 5.41) is 3.96. The molecule has 1 N–H and O–H groups in total. The molecule has 1 amide bonds. The van der Waals surface area contributed by atoms with E-state index in [0.717, 1.165) is 45.2 Å². The summed E-state index contributed by atoms with van der Waals surface area (Å²) in [6.07, 6.45) is 5.86. The molecule has 1 aromatic rings. The first-order valence-corrected chi connectivity index (χ1v) is 14.0. The number of ether oxygens (including phenoxy) is 3. The van der Waals surface area contributed by atoms with Crippen molar-refractivity contribution in [2.45, 2.75) is 63.4 Å². The van der Waals surface area contributed by atoms with Gasteiger partial charge in [-0.1, -0.05) is 34.9 Å². The van der Waals surface area contributed by atoms with Crippen LogP contribution in [0.3, 0.4) is 0 Å². The third-order valence-corrected chi connectivity index (χ3v) is 8.84. The van der Waals surface area contributed by atoms with Crippen LogP contribution in [0.25, 0.3) is 0 Å². The van der Waals surface area contributed by atoms with Gasteiger partial charge >= 0.3 is 5.97 Å². The van der Waals surface area contributed by atoms with Gasteiger partial charge in [0.15, 0.2) is 11.5 Å². The van der Waals surface area contributed by atoms with Gasteiger partial charge in [-0.25, -0.2) is 0 Å². The van der Waals surface area contributed by atoms with Gasteiger partial charge in [-0.05, 0) is 25.7 Å². The molecule has 3 heterocycles. The molecule has 7 nitrogen and oxygen atoms in total. The topological polar surface area (TPSA) is 77.1 Å². The van der Waals surface area contributed by atoms with Gasteiger partial charge in [0.1, 0.15) is 5.75 Å². The van der Waals surface area contributed by atoms with E-state index in [1.165, 1.54) is 12.2 Å². The van der Waals surface area contributed by atoms with E-state index in [2.05, 4.69) is 12.2 Å². The smallest absolute Gasteiger partial charge is 0.311 e. The monoisotopic (exact) mass is 480 g/mol. The number of piperazine rings is 1. The fraction of sp³-hybridized carbons (Fsp3) is 0.652. The Balaban J connectivity index is 1.42. The van der Waals surface area contributed by atoms with Crippen LogP contribution in [0.5, 0.6) is 17.2 Å². The fourth-order valence-electron chi connectivity index (χ4n) is 4.06. The standard InChI is InChI=1S/C23H32N2O5S2/c1-2-5-22-29-19-14-17(23(27)25-11-9-24-10-12-25)18(15-20(19)30-22)28-21(26)7-4-3-6-16-8-13-31-32-16/h14-16,22,24H,2-13H2,1H3. The highest BCUT2D eigenvalue weighted by molar-refractivity contribution is 8.77. The average Bonchev–Trinajstić information content (AvgIpc) is 3.46. The molecule has 0 bridgehead atoms. The average molecular weight is 481 g/mol. The lowest BCUT2D eigenvalue weighted by atomic mass is 10.1. The highest BCUT2D eigenvalue weighted by atomic mass is 33.1. The first-order valence-electron chi connectivity index (χ1n) is 11.6. The Morgan fingerprint density at radius 1 is 1.16 bits per heavy atom. The molecule has 2 saturated heterocycles. The van der Waals surface area contributed by atoms with Crippen molar-refractivity contribution >= 4 is 33.5 Å². The van der Waals surface area contributed by atoms with Gasteiger partial charge in [0.05, 0.1) is 5.56 Å². The molecule has 32 heavy (non-hydrogen) atoms. The van der Waals surface area contributed by atoms with Crippen LogP contribution in [0.4, 0.5) is 0 Å². The fourth-order valence-corrected chi connectivity index (χ4v) is 7.08. The summed E-state index contributed by atoms with van der Waals surface area (Å²) >= 11 is 0. The molecule has 3 aliphatic rings. The van der Waals surface area contributed by atoms with Gasteiger partial charge in [-0.15, -0.1) is 0 Å². The lowest BCUT2D eigenvalue weighted by Crippen LogP contribution is -2.46. The van der Waals surface area contributed by atoms with E-state index in [1.807, 2.05) is 21.6 Å². The number of carbonyl (C=O) groups is 2. The Morgan fingerprint density at radius 3 is 2.66 bits per heavy atom. The van der Waals surface area contributed by atoms with Crippen molar-refractivity contribution in [2.75, 3.05) is 31.9 Å². The van der Waals surface area contributed by atoms with E-state index in [-0.39, 0.29) is 23.9 Å². The zero-order valence-corrected chi connectivity index (χ0v) is 20.2. The van der Waals surface area contributed by atoms with Crippen molar-refractivity contribution in [1.29, 1.82) is 0 Å². The van der Waals surface area contributed by atoms with E-state index in [1.54, 1.807) is 17.0 Å². The first-order chi connectivity index (χ1) is 15.6. The minimum absolute atomic E-state index is 0.143. The molecule has 1 aromatic carbocycles. The molecular formula is C23H32N2O5S2. The summed E-state index contributed by atoms with van der Waals surface area (Å²) in [4.78, 5) is 27.6. The van der Waals surface area contributed by atoms with Crippen molar-refractivity contribution in [3.63, 3.8) is 0 Å². The Labute approximate surface area is 197 Å². The predicted molar refractivity (Wildman–Crippen MR) is 128 cm³/mol. The molecule has 3 aliphatic heterocycles. The number of nitrogens with one attached hydrogen (secondary N) is 1. The molecule has 9 heteroatoms. The van der Waals surface area contributed by atoms with Gasteiger partial charge in [0.2, 0.25) is 6.29 Å². The van der Waals surface area contributed by atoms with Crippen LogP contribution < -0.4 is 19.5 Å². The molecule has 0 aromatic heterocycles. The van der Waals surface area contributed by atoms with E-state index in [9.17, 15) is 9.59 Å². The lowest BCUT2D eigenvalue weighted by molar-refractivity contribution is -0.134. The number of nitrogens with zero attached hydrogens (tertiary/aromatic N) is 1. The highest BCUT2D eigenvalue weighted by Crippen LogP contribution is 2.42. The summed E-state index contributed by atoms with van der Waals surface area (Å²) in [5.74, 6) is 2.10. The van der Waals surface area contributed by atoms with Crippen molar-refractivity contribution in [3.05, 3.63) is 17.7 Å². The zero-order valence-electron chi connectivity index (χ0n) is 18.6. The van der Waals surface area contributed by atoms with Gasteiger partial charge in [0, 0.05) is 62.2 Å². The van der Waals surface area contributed by atoms with Gasteiger partial charge < -0.3 is 24.4 Å². The van der Waals surface area contributed by atoms with Crippen LogP contribution in [0.2, 0.25) is 0 Å². The van der Waals surface area contributed by atoms with E-state index in [0.29, 0.717) is 41.8 Å². The number of esters is 1. The van der Waals surface area contributed by atoms with Crippen LogP contribution in [0.15, 0.2) is 12.1 Å². The molecule has 0 saturated carbocycles. The number of rotatable bonds is 9. The summed E-state index contributed by atoms with van der Waals surface area (Å²) in [5.41, 5.74) is 0.360. The summed E-state index contributed by atoms with van der Waals surface area (Å²) in [6.45, 7) is 4.81. The summed E-state index contributed by atoms with van der Waals surface area (Å²) in [6, 6.07) is 3.32. The molecule has 2 atom stereocenters. The van der Waals surface area contributed by atoms with Crippen molar-refractivity contribution in [3.8, 4) is 17.2 Å². The number of fused-ring (bicyclic) bond motifs is 1. The normalized spacial score (nSPS) is 22.2. The number of hydrogen-bond donors (Lipinski definition) is 1. The van der Waals surface area contributed by atoms with Gasteiger partial charge in [-0.2, -0.15) is 0 Å². The quantitative estimate of drug-likeness (QED) is 0.243. The Bertz CT molecular complexity index is 810. The molecule has 0 radical (unpaired) electrons. The summed E-state index contributed by atoms with van der Waals surface area (Å²) < 4.78 is 17.4. The second-order valence-electron chi connectivity index (χ2n) is 8.34. The number of amides is 1. The third-order valence-electron chi connectivity index (χ3n) is 5.83. The van der Waals surface area contributed by atoms with E-state index < -0.39 is 0 Å². The predicted octanol–water partition coefficient (Wildman–Crippen LogP) is 4.25. The van der Waals surface area contributed by atoms with Crippen LogP contribution >= 0.6 is 21.6 Å². The maximum absolute atomic E-state index is 13.2. The molecule has 2 unspecified atom stereocenters. The van der Waals surface area contributed by atoms with Crippen molar-refractivity contribution in [1.82, 2.24) is 10.2 Å². The molecule has 0 spiro atoms. The van der Waals surface area contributed by atoms with Crippen LogP contribution in [-0.2, 0) is 4.79 Å². The highest BCUT2D eigenvalue weighted by Gasteiger charge is 2.30. The molecule has 4 rings (SSSR count). The maximum atomic E-state index is 13.2. The van der Waals surface area contributed by atoms with E-state index >= 15 is 0 Å². The minimum Gasteiger partial charge on any atom is -0.451 e. The largest absolute Gasteiger partial charge is 0.451 e. The lowest BCUT2D eigenvalue weighted by Gasteiger charge is -2.28. The summed E-state index contributed by atoms with van der Waals surface area (Å²) in [7, 11) is 3.91.